The Balaban J connectivity index is 1.79. The minimum absolute atomic E-state index is 0.0805. The lowest BCUT2D eigenvalue weighted by Crippen LogP contribution is -2.39. The van der Waals surface area contributed by atoms with Crippen LogP contribution in [-0.4, -0.2) is 18.4 Å². The molecule has 1 saturated heterocycles. The number of carbonyl (C=O) groups excluding carboxylic acids is 2. The average Bonchev–Trinajstić information content (AvgIpc) is 2.68. The normalized spacial score (nSPS) is 28.7. The summed E-state index contributed by atoms with van der Waals surface area (Å²) in [6, 6.07) is 7.24. The van der Waals surface area contributed by atoms with E-state index in [-0.39, 0.29) is 24.1 Å². The van der Waals surface area contributed by atoms with E-state index in [4.69, 9.17) is 9.47 Å². The highest BCUT2D eigenvalue weighted by atomic mass is 16.7. The summed E-state index contributed by atoms with van der Waals surface area (Å²) >= 11 is 0. The number of benzene rings is 1. The Labute approximate surface area is 104 Å². The first-order valence-electron chi connectivity index (χ1n) is 5.79. The molecule has 0 spiro atoms. The van der Waals surface area contributed by atoms with Crippen LogP contribution in [0.15, 0.2) is 36.1 Å². The molecule has 92 valence electrons. The van der Waals surface area contributed by atoms with E-state index in [0.29, 0.717) is 11.3 Å². The molecule has 0 aromatic heterocycles. The lowest BCUT2D eigenvalue weighted by atomic mass is 9.90. The molecule has 4 nitrogen and oxygen atoms in total. The van der Waals surface area contributed by atoms with Crippen LogP contribution in [0.1, 0.15) is 28.9 Å². The fourth-order valence-corrected chi connectivity index (χ4v) is 2.26. The monoisotopic (exact) mass is 244 g/mol. The van der Waals surface area contributed by atoms with Crippen LogP contribution in [0.25, 0.3) is 0 Å². The van der Waals surface area contributed by atoms with Crippen molar-refractivity contribution in [1.82, 2.24) is 0 Å². The molecule has 0 bridgehead atoms. The number of hydrogen-bond acceptors (Lipinski definition) is 4. The van der Waals surface area contributed by atoms with Crippen molar-refractivity contribution in [3.8, 4) is 0 Å². The third kappa shape index (κ3) is 1.66. The standard InChI is InChI=1S/C14H12O4/c1-8(16)12-6-11-13(18-14(11)17-12)10-4-2-9(7-15)3-5-10/h2-7,11,13-14H,1H3/t11-,13-,14+/m1/s1. The van der Waals surface area contributed by atoms with E-state index in [1.54, 1.807) is 12.1 Å². The summed E-state index contributed by atoms with van der Waals surface area (Å²) < 4.78 is 10.9. The van der Waals surface area contributed by atoms with E-state index in [2.05, 4.69) is 0 Å². The van der Waals surface area contributed by atoms with E-state index < -0.39 is 0 Å². The summed E-state index contributed by atoms with van der Waals surface area (Å²) in [6.07, 6.45) is 2.21. The molecule has 18 heavy (non-hydrogen) atoms. The van der Waals surface area contributed by atoms with Crippen molar-refractivity contribution in [3.05, 3.63) is 47.2 Å². The Morgan fingerprint density at radius 1 is 1.28 bits per heavy atom. The second-order valence-electron chi connectivity index (χ2n) is 4.49. The Kier molecular flexibility index (Phi) is 2.52. The van der Waals surface area contributed by atoms with Crippen molar-refractivity contribution in [2.24, 2.45) is 5.92 Å². The largest absolute Gasteiger partial charge is 0.461 e. The number of rotatable bonds is 3. The van der Waals surface area contributed by atoms with Gasteiger partial charge in [-0.15, -0.1) is 0 Å². The highest BCUT2D eigenvalue weighted by Gasteiger charge is 2.48. The third-order valence-electron chi connectivity index (χ3n) is 3.28. The van der Waals surface area contributed by atoms with Crippen LogP contribution < -0.4 is 0 Å². The van der Waals surface area contributed by atoms with Crippen LogP contribution in [0.5, 0.6) is 0 Å². The average molecular weight is 244 g/mol. The number of hydrogen-bond donors (Lipinski definition) is 0. The first-order valence-corrected chi connectivity index (χ1v) is 5.79. The molecule has 0 unspecified atom stereocenters. The van der Waals surface area contributed by atoms with Crippen LogP contribution in [0, 0.1) is 5.92 Å². The fourth-order valence-electron chi connectivity index (χ4n) is 2.26. The molecule has 2 aliphatic heterocycles. The smallest absolute Gasteiger partial charge is 0.209 e. The van der Waals surface area contributed by atoms with E-state index in [1.807, 2.05) is 18.2 Å². The van der Waals surface area contributed by atoms with Crippen LogP contribution >= 0.6 is 0 Å². The summed E-state index contributed by atoms with van der Waals surface area (Å²) in [7, 11) is 0. The van der Waals surface area contributed by atoms with Gasteiger partial charge in [0.25, 0.3) is 0 Å². The van der Waals surface area contributed by atoms with Gasteiger partial charge in [0.1, 0.15) is 6.29 Å². The maximum atomic E-state index is 11.2. The first kappa shape index (κ1) is 11.2. The molecular weight excluding hydrogens is 232 g/mol. The molecule has 0 radical (unpaired) electrons. The molecule has 0 aliphatic carbocycles. The van der Waals surface area contributed by atoms with Gasteiger partial charge < -0.3 is 9.47 Å². The Morgan fingerprint density at radius 2 is 2.00 bits per heavy atom. The third-order valence-corrected chi connectivity index (χ3v) is 3.28. The molecule has 2 heterocycles. The summed E-state index contributed by atoms with van der Waals surface area (Å²) in [5.41, 5.74) is 1.63. The van der Waals surface area contributed by atoms with Gasteiger partial charge in [0, 0.05) is 12.5 Å². The van der Waals surface area contributed by atoms with Gasteiger partial charge in [0.2, 0.25) is 6.29 Å². The zero-order valence-corrected chi connectivity index (χ0v) is 9.83. The molecule has 3 atom stereocenters. The van der Waals surface area contributed by atoms with Gasteiger partial charge in [-0.25, -0.2) is 0 Å². The van der Waals surface area contributed by atoms with Gasteiger partial charge in [0.15, 0.2) is 11.5 Å². The zero-order valence-electron chi connectivity index (χ0n) is 9.83. The van der Waals surface area contributed by atoms with E-state index in [9.17, 15) is 9.59 Å². The number of carbonyl (C=O) groups is 2. The molecule has 3 rings (SSSR count). The molecule has 1 fully saturated rings. The molecule has 0 N–H and O–H groups in total. The lowest BCUT2D eigenvalue weighted by molar-refractivity contribution is -0.261. The van der Waals surface area contributed by atoms with Crippen molar-refractivity contribution in [3.63, 3.8) is 0 Å². The number of ether oxygens (including phenoxy) is 2. The molecule has 0 amide bonds. The first-order chi connectivity index (χ1) is 8.69. The second-order valence-corrected chi connectivity index (χ2v) is 4.49. The zero-order chi connectivity index (χ0) is 12.7. The minimum atomic E-state index is -0.334. The Bertz CT molecular complexity index is 529. The predicted octanol–water partition coefficient (Wildman–Crippen LogP) is 2.02. The van der Waals surface area contributed by atoms with Crippen LogP contribution in [0.4, 0.5) is 0 Å². The van der Waals surface area contributed by atoms with Gasteiger partial charge in [-0.3, -0.25) is 9.59 Å². The van der Waals surface area contributed by atoms with Crippen LogP contribution in [-0.2, 0) is 14.3 Å². The summed E-state index contributed by atoms with van der Waals surface area (Å²) in [5, 5.41) is 0. The minimum Gasteiger partial charge on any atom is -0.461 e. The highest BCUT2D eigenvalue weighted by molar-refractivity contribution is 5.91. The van der Waals surface area contributed by atoms with Crippen LogP contribution in [0.2, 0.25) is 0 Å². The summed E-state index contributed by atoms with van der Waals surface area (Å²) in [5.74, 6) is 0.394. The van der Waals surface area contributed by atoms with Gasteiger partial charge in [-0.05, 0) is 11.6 Å². The molecule has 0 saturated carbocycles. The van der Waals surface area contributed by atoms with E-state index in [0.717, 1.165) is 11.8 Å². The highest BCUT2D eigenvalue weighted by Crippen LogP contribution is 2.47. The summed E-state index contributed by atoms with van der Waals surface area (Å²) in [4.78, 5) is 21.8. The maximum absolute atomic E-state index is 11.2. The predicted molar refractivity (Wildman–Crippen MR) is 62.8 cm³/mol. The van der Waals surface area contributed by atoms with Crippen molar-refractivity contribution >= 4 is 12.1 Å². The van der Waals surface area contributed by atoms with Gasteiger partial charge in [0.05, 0.1) is 12.0 Å². The van der Waals surface area contributed by atoms with Crippen molar-refractivity contribution < 1.29 is 19.1 Å². The molecule has 1 aromatic rings. The van der Waals surface area contributed by atoms with Crippen molar-refractivity contribution in [2.45, 2.75) is 19.3 Å². The molecule has 1 aromatic carbocycles. The fraction of sp³-hybridized carbons (Fsp3) is 0.286. The van der Waals surface area contributed by atoms with E-state index in [1.165, 1.54) is 6.92 Å². The number of Topliss-reactive ketones (excluding diaryl/α,β-unsaturated/α-hetero) is 1. The quantitative estimate of drug-likeness (QED) is 0.763. The number of ketones is 1. The summed E-state index contributed by atoms with van der Waals surface area (Å²) in [6.45, 7) is 1.48. The maximum Gasteiger partial charge on any atom is 0.209 e. The molecule has 2 aliphatic rings. The van der Waals surface area contributed by atoms with Gasteiger partial charge in [-0.1, -0.05) is 24.3 Å². The van der Waals surface area contributed by atoms with Crippen molar-refractivity contribution in [2.75, 3.05) is 0 Å². The number of aldehydes is 1. The van der Waals surface area contributed by atoms with E-state index >= 15 is 0 Å². The second kappa shape index (κ2) is 4.07. The van der Waals surface area contributed by atoms with Gasteiger partial charge in [-0.2, -0.15) is 0 Å². The van der Waals surface area contributed by atoms with Gasteiger partial charge >= 0.3 is 0 Å². The number of fused-ring (bicyclic) bond motifs is 1. The number of allylic oxidation sites excluding steroid dienone is 1. The molecular formula is C14H12O4. The lowest BCUT2D eigenvalue weighted by Gasteiger charge is -2.38. The Hall–Kier alpha value is -1.94. The van der Waals surface area contributed by atoms with Crippen LogP contribution in [0.3, 0.4) is 0 Å². The topological polar surface area (TPSA) is 52.6 Å². The van der Waals surface area contributed by atoms with Crippen molar-refractivity contribution in [1.29, 1.82) is 0 Å². The molecule has 4 heteroatoms. The SMILES string of the molecule is CC(=O)C1=C[C@H]2[C@@H](O1)O[C@@H]2c1ccc(C=O)cc1. The Morgan fingerprint density at radius 3 is 2.61 bits per heavy atom.